The first-order chi connectivity index (χ1) is 8.65. The van der Waals surface area contributed by atoms with Crippen LogP contribution < -0.4 is 4.57 Å². The Morgan fingerprint density at radius 1 is 1.00 bits per heavy atom. The lowest BCUT2D eigenvalue weighted by Gasteiger charge is -1.94. The molecule has 0 saturated carbocycles. The smallest absolute Gasteiger partial charge is 0.258 e. The Balaban J connectivity index is 2.13. The van der Waals surface area contributed by atoms with E-state index >= 15 is 0 Å². The zero-order valence-electron chi connectivity index (χ0n) is 9.98. The van der Waals surface area contributed by atoms with E-state index in [1.807, 2.05) is 48.3 Å². The van der Waals surface area contributed by atoms with E-state index < -0.39 is 4.92 Å². The van der Waals surface area contributed by atoms with Crippen LogP contribution in [0.5, 0.6) is 0 Å². The number of hydrogen-bond acceptors (Lipinski definition) is 2. The molecule has 0 amide bonds. The molecule has 0 atom stereocenters. The summed E-state index contributed by atoms with van der Waals surface area (Å²) in [5.74, 6) is 0. The lowest BCUT2D eigenvalue weighted by atomic mass is 10.1. The van der Waals surface area contributed by atoms with Gasteiger partial charge < -0.3 is 0 Å². The number of aromatic nitrogens is 1. The molecule has 0 unspecified atom stereocenters. The van der Waals surface area contributed by atoms with Gasteiger partial charge in [0.25, 0.3) is 5.69 Å². The molecule has 0 fully saturated rings. The molecule has 0 aliphatic rings. The molecule has 4 nitrogen and oxygen atoms in total. The van der Waals surface area contributed by atoms with Crippen LogP contribution in [0.25, 0.3) is 12.2 Å². The summed E-state index contributed by atoms with van der Waals surface area (Å²) in [6.07, 6.45) is 7.84. The Bertz CT molecular complexity index is 572. The monoisotopic (exact) mass is 241 g/mol. The van der Waals surface area contributed by atoms with Crippen molar-refractivity contribution in [3.05, 3.63) is 70.0 Å². The molecule has 2 rings (SSSR count). The number of nitro benzene ring substituents is 1. The van der Waals surface area contributed by atoms with Crippen molar-refractivity contribution in [2.75, 3.05) is 0 Å². The van der Waals surface area contributed by atoms with E-state index in [-0.39, 0.29) is 5.69 Å². The zero-order chi connectivity index (χ0) is 13.0. The summed E-state index contributed by atoms with van der Waals surface area (Å²) in [6, 6.07) is 10.5. The van der Waals surface area contributed by atoms with Gasteiger partial charge in [0.05, 0.1) is 4.92 Å². The lowest BCUT2D eigenvalue weighted by molar-refractivity contribution is -0.671. The lowest BCUT2D eigenvalue weighted by Crippen LogP contribution is -2.25. The molecule has 0 spiro atoms. The average Bonchev–Trinajstić information content (AvgIpc) is 2.38. The first-order valence-electron chi connectivity index (χ1n) is 5.53. The Kier molecular flexibility index (Phi) is 3.48. The van der Waals surface area contributed by atoms with Crippen molar-refractivity contribution in [3.63, 3.8) is 0 Å². The Labute approximate surface area is 105 Å². The molecule has 0 N–H and O–H groups in total. The highest BCUT2D eigenvalue weighted by Gasteiger charge is 2.02. The van der Waals surface area contributed by atoms with Gasteiger partial charge in [-0.3, -0.25) is 10.1 Å². The van der Waals surface area contributed by atoms with E-state index in [0.717, 1.165) is 11.1 Å². The van der Waals surface area contributed by atoms with Crippen LogP contribution in [0.15, 0.2) is 48.8 Å². The molecule has 1 aromatic heterocycles. The highest BCUT2D eigenvalue weighted by Crippen LogP contribution is 2.13. The number of nitro groups is 1. The summed E-state index contributed by atoms with van der Waals surface area (Å²) < 4.78 is 1.96. The standard InChI is InChI=1S/C14H13N2O2/c1-15-10-8-13(9-11-15)3-2-12-4-6-14(7-5-12)16(17)18/h2-11H,1H3/q+1/b3-2+. The molecule has 0 radical (unpaired) electrons. The summed E-state index contributed by atoms with van der Waals surface area (Å²) >= 11 is 0. The quantitative estimate of drug-likeness (QED) is 0.471. The summed E-state index contributed by atoms with van der Waals surface area (Å²) in [6.45, 7) is 0. The van der Waals surface area contributed by atoms with Crippen LogP contribution in [0.3, 0.4) is 0 Å². The number of benzene rings is 1. The number of pyridine rings is 1. The fraction of sp³-hybridized carbons (Fsp3) is 0.0714. The van der Waals surface area contributed by atoms with Crippen molar-refractivity contribution in [2.24, 2.45) is 7.05 Å². The van der Waals surface area contributed by atoms with Crippen LogP contribution in [0.1, 0.15) is 11.1 Å². The maximum absolute atomic E-state index is 10.5. The van der Waals surface area contributed by atoms with Crippen LogP contribution in [0, 0.1) is 10.1 Å². The number of nitrogens with zero attached hydrogens (tertiary/aromatic N) is 2. The van der Waals surface area contributed by atoms with Gasteiger partial charge in [-0.15, -0.1) is 0 Å². The molecule has 0 bridgehead atoms. The van der Waals surface area contributed by atoms with Crippen LogP contribution in [0.2, 0.25) is 0 Å². The molecular weight excluding hydrogens is 228 g/mol. The summed E-state index contributed by atoms with van der Waals surface area (Å²) in [7, 11) is 1.96. The van der Waals surface area contributed by atoms with E-state index in [1.54, 1.807) is 12.1 Å². The third-order valence-corrected chi connectivity index (χ3v) is 2.58. The van der Waals surface area contributed by atoms with Crippen LogP contribution in [0.4, 0.5) is 5.69 Å². The zero-order valence-corrected chi connectivity index (χ0v) is 9.98. The van der Waals surface area contributed by atoms with Crippen LogP contribution >= 0.6 is 0 Å². The highest BCUT2D eigenvalue weighted by molar-refractivity contribution is 5.69. The fourth-order valence-electron chi connectivity index (χ4n) is 1.52. The van der Waals surface area contributed by atoms with Crippen molar-refractivity contribution in [2.45, 2.75) is 0 Å². The molecule has 0 saturated heterocycles. The second kappa shape index (κ2) is 5.23. The summed E-state index contributed by atoms with van der Waals surface area (Å²) in [5.41, 5.74) is 2.14. The van der Waals surface area contributed by atoms with E-state index in [1.165, 1.54) is 12.1 Å². The van der Waals surface area contributed by atoms with Gasteiger partial charge in [0, 0.05) is 24.3 Å². The van der Waals surface area contributed by atoms with E-state index in [2.05, 4.69) is 0 Å². The third-order valence-electron chi connectivity index (χ3n) is 2.58. The molecule has 0 aliphatic heterocycles. The van der Waals surface area contributed by atoms with Crippen molar-refractivity contribution in [3.8, 4) is 0 Å². The van der Waals surface area contributed by atoms with Gasteiger partial charge in [0.2, 0.25) is 0 Å². The second-order valence-corrected chi connectivity index (χ2v) is 3.98. The normalized spacial score (nSPS) is 10.7. The number of hydrogen-bond donors (Lipinski definition) is 0. The van der Waals surface area contributed by atoms with Crippen molar-refractivity contribution in [1.82, 2.24) is 0 Å². The van der Waals surface area contributed by atoms with Gasteiger partial charge in [0.15, 0.2) is 12.4 Å². The fourth-order valence-corrected chi connectivity index (χ4v) is 1.52. The molecule has 1 heterocycles. The number of aryl methyl sites for hydroxylation is 1. The molecule has 2 aromatic rings. The summed E-state index contributed by atoms with van der Waals surface area (Å²) in [5, 5.41) is 10.5. The van der Waals surface area contributed by atoms with Gasteiger partial charge in [0.1, 0.15) is 7.05 Å². The van der Waals surface area contributed by atoms with Crippen molar-refractivity contribution >= 4 is 17.8 Å². The van der Waals surface area contributed by atoms with Gasteiger partial charge >= 0.3 is 0 Å². The van der Waals surface area contributed by atoms with Crippen molar-refractivity contribution in [1.29, 1.82) is 0 Å². The first-order valence-corrected chi connectivity index (χ1v) is 5.53. The molecule has 1 aromatic carbocycles. The number of rotatable bonds is 3. The predicted octanol–water partition coefficient (Wildman–Crippen LogP) is 2.59. The Morgan fingerprint density at radius 3 is 2.00 bits per heavy atom. The van der Waals surface area contributed by atoms with E-state index in [0.29, 0.717) is 0 Å². The SMILES string of the molecule is C[n+]1ccc(/C=C/c2ccc([N+](=O)[O-])cc2)cc1. The van der Waals surface area contributed by atoms with Gasteiger partial charge in [-0.1, -0.05) is 12.2 Å². The number of non-ortho nitro benzene ring substituents is 1. The highest BCUT2D eigenvalue weighted by atomic mass is 16.6. The maximum Gasteiger partial charge on any atom is 0.269 e. The molecule has 0 aliphatic carbocycles. The molecule has 4 heteroatoms. The predicted molar refractivity (Wildman–Crippen MR) is 69.6 cm³/mol. The first kappa shape index (κ1) is 12.0. The molecule has 18 heavy (non-hydrogen) atoms. The Morgan fingerprint density at radius 2 is 1.50 bits per heavy atom. The average molecular weight is 241 g/mol. The van der Waals surface area contributed by atoms with Crippen LogP contribution in [-0.4, -0.2) is 4.92 Å². The second-order valence-electron chi connectivity index (χ2n) is 3.98. The van der Waals surface area contributed by atoms with E-state index in [9.17, 15) is 10.1 Å². The minimum atomic E-state index is -0.398. The minimum absolute atomic E-state index is 0.110. The maximum atomic E-state index is 10.5. The van der Waals surface area contributed by atoms with Gasteiger partial charge in [-0.2, -0.15) is 0 Å². The third kappa shape index (κ3) is 3.01. The topological polar surface area (TPSA) is 47.0 Å². The Hall–Kier alpha value is -2.49. The van der Waals surface area contributed by atoms with Crippen molar-refractivity contribution < 1.29 is 9.49 Å². The molecular formula is C14H13N2O2+. The van der Waals surface area contributed by atoms with Gasteiger partial charge in [-0.05, 0) is 23.3 Å². The van der Waals surface area contributed by atoms with E-state index in [4.69, 9.17) is 0 Å². The largest absolute Gasteiger partial charge is 0.269 e. The molecule has 90 valence electrons. The minimum Gasteiger partial charge on any atom is -0.258 e. The summed E-state index contributed by atoms with van der Waals surface area (Å²) in [4.78, 5) is 10.1. The van der Waals surface area contributed by atoms with Gasteiger partial charge in [-0.25, -0.2) is 4.57 Å². The van der Waals surface area contributed by atoms with Crippen LogP contribution in [-0.2, 0) is 7.05 Å².